The van der Waals surface area contributed by atoms with Crippen LogP contribution in [0.1, 0.15) is 29.8 Å². The molecule has 0 saturated carbocycles. The number of carbonyl (C=O) groups excluding carboxylic acids is 1. The van der Waals surface area contributed by atoms with Crippen molar-refractivity contribution in [3.05, 3.63) is 65.9 Å². The van der Waals surface area contributed by atoms with Gasteiger partial charge in [0.1, 0.15) is 17.3 Å². The van der Waals surface area contributed by atoms with Crippen LogP contribution in [0.4, 0.5) is 22.2 Å². The number of nitrogens with one attached hydrogen (secondary N) is 2. The third-order valence-corrected chi connectivity index (χ3v) is 5.98. The fraction of sp³-hybridized carbons (Fsp3) is 0.333. The Hall–Kier alpha value is -4.38. The van der Waals surface area contributed by atoms with Crippen LogP contribution in [0.15, 0.2) is 54.7 Å². The minimum atomic E-state index is -1.18. The molecule has 2 amide bonds. The quantitative estimate of drug-likeness (QED) is 0.305. The molecule has 38 heavy (non-hydrogen) atoms. The van der Waals surface area contributed by atoms with Gasteiger partial charge in [0.2, 0.25) is 5.95 Å². The van der Waals surface area contributed by atoms with Crippen molar-refractivity contribution in [2.24, 2.45) is 0 Å². The predicted octanol–water partition coefficient (Wildman–Crippen LogP) is 3.99. The SMILES string of the molecule is CCN(CC)CCNC(=O)c1ccc(Nc2nccc(N(Cc3cc(OC)ccc3OC)C(=O)O)n2)cc1. The molecule has 0 atom stereocenters. The first-order valence-electron chi connectivity index (χ1n) is 12.3. The second-order valence-corrected chi connectivity index (χ2v) is 8.27. The molecule has 1 heterocycles. The number of hydrogen-bond donors (Lipinski definition) is 3. The molecule has 2 aromatic carbocycles. The minimum Gasteiger partial charge on any atom is -0.497 e. The van der Waals surface area contributed by atoms with E-state index < -0.39 is 6.09 Å². The first kappa shape index (κ1) is 28.2. The second kappa shape index (κ2) is 13.8. The summed E-state index contributed by atoms with van der Waals surface area (Å²) >= 11 is 0. The molecular weight excluding hydrogens is 488 g/mol. The van der Waals surface area contributed by atoms with E-state index in [1.54, 1.807) is 42.5 Å². The molecule has 11 nitrogen and oxygen atoms in total. The van der Waals surface area contributed by atoms with Crippen molar-refractivity contribution in [1.29, 1.82) is 0 Å². The first-order chi connectivity index (χ1) is 18.4. The maximum atomic E-state index is 12.4. The molecule has 0 bridgehead atoms. The largest absolute Gasteiger partial charge is 0.497 e. The summed E-state index contributed by atoms with van der Waals surface area (Å²) in [5.41, 5.74) is 1.81. The molecule has 11 heteroatoms. The molecule has 0 aliphatic carbocycles. The Kier molecular flexibility index (Phi) is 10.2. The van der Waals surface area contributed by atoms with Crippen LogP contribution in [-0.4, -0.2) is 72.4 Å². The van der Waals surface area contributed by atoms with E-state index in [0.29, 0.717) is 34.9 Å². The van der Waals surface area contributed by atoms with Crippen LogP contribution >= 0.6 is 0 Å². The van der Waals surface area contributed by atoms with Crippen molar-refractivity contribution in [3.63, 3.8) is 0 Å². The third kappa shape index (κ3) is 7.56. The number of anilines is 3. The van der Waals surface area contributed by atoms with Gasteiger partial charge in [-0.2, -0.15) is 4.98 Å². The van der Waals surface area contributed by atoms with Gasteiger partial charge in [0.25, 0.3) is 5.91 Å². The molecule has 0 spiro atoms. The number of methoxy groups -OCH3 is 2. The van der Waals surface area contributed by atoms with Crippen LogP contribution < -0.4 is 25.0 Å². The molecule has 3 aromatic rings. The number of benzene rings is 2. The maximum Gasteiger partial charge on any atom is 0.413 e. The van der Waals surface area contributed by atoms with Crippen LogP contribution in [0.3, 0.4) is 0 Å². The number of amides is 2. The van der Waals surface area contributed by atoms with Gasteiger partial charge in [-0.05, 0) is 61.6 Å². The number of rotatable bonds is 13. The molecule has 202 valence electrons. The summed E-state index contributed by atoms with van der Waals surface area (Å²) in [6, 6.07) is 13.6. The smallest absolute Gasteiger partial charge is 0.413 e. The fourth-order valence-corrected chi connectivity index (χ4v) is 3.79. The zero-order valence-corrected chi connectivity index (χ0v) is 22.1. The summed E-state index contributed by atoms with van der Waals surface area (Å²) in [6.45, 7) is 7.42. The van der Waals surface area contributed by atoms with E-state index in [9.17, 15) is 14.7 Å². The highest BCUT2D eigenvalue weighted by Gasteiger charge is 2.20. The molecule has 0 aliphatic rings. The predicted molar refractivity (Wildman–Crippen MR) is 146 cm³/mol. The van der Waals surface area contributed by atoms with Crippen LogP contribution in [0.25, 0.3) is 0 Å². The lowest BCUT2D eigenvalue weighted by atomic mass is 10.1. The van der Waals surface area contributed by atoms with Gasteiger partial charge in [-0.25, -0.2) is 9.78 Å². The van der Waals surface area contributed by atoms with Crippen LogP contribution in [0, 0.1) is 0 Å². The number of nitrogens with zero attached hydrogens (tertiary/aromatic N) is 4. The van der Waals surface area contributed by atoms with E-state index >= 15 is 0 Å². The van der Waals surface area contributed by atoms with Crippen LogP contribution in [-0.2, 0) is 6.54 Å². The highest BCUT2D eigenvalue weighted by Crippen LogP contribution is 2.27. The van der Waals surface area contributed by atoms with Crippen molar-refractivity contribution >= 4 is 29.5 Å². The molecule has 3 rings (SSSR count). The van der Waals surface area contributed by atoms with E-state index in [-0.39, 0.29) is 24.2 Å². The zero-order chi connectivity index (χ0) is 27.5. The monoisotopic (exact) mass is 522 g/mol. The average molecular weight is 523 g/mol. The Balaban J connectivity index is 1.69. The maximum absolute atomic E-state index is 12.4. The van der Waals surface area contributed by atoms with Crippen LogP contribution in [0.2, 0.25) is 0 Å². The second-order valence-electron chi connectivity index (χ2n) is 8.27. The number of carbonyl (C=O) groups is 2. The number of hydrogen-bond acceptors (Lipinski definition) is 8. The van der Waals surface area contributed by atoms with Gasteiger partial charge in [-0.1, -0.05) is 13.8 Å². The lowest BCUT2D eigenvalue weighted by Gasteiger charge is -2.20. The molecule has 0 aliphatic heterocycles. The molecular formula is C27H34N6O5. The summed E-state index contributed by atoms with van der Waals surface area (Å²) in [4.78, 5) is 36.5. The number of ether oxygens (including phenoxy) is 2. The van der Waals surface area contributed by atoms with Gasteiger partial charge < -0.3 is 30.1 Å². The van der Waals surface area contributed by atoms with Crippen molar-refractivity contribution in [2.45, 2.75) is 20.4 Å². The summed E-state index contributed by atoms with van der Waals surface area (Å²) in [5, 5.41) is 15.9. The summed E-state index contributed by atoms with van der Waals surface area (Å²) in [5.74, 6) is 1.36. The number of aromatic nitrogens is 2. The average Bonchev–Trinajstić information content (AvgIpc) is 2.94. The minimum absolute atomic E-state index is 0.00968. The first-order valence-corrected chi connectivity index (χ1v) is 12.3. The summed E-state index contributed by atoms with van der Waals surface area (Å²) in [7, 11) is 3.06. The highest BCUT2D eigenvalue weighted by molar-refractivity contribution is 5.94. The van der Waals surface area contributed by atoms with Crippen LogP contribution in [0.5, 0.6) is 11.5 Å². The van der Waals surface area contributed by atoms with Gasteiger partial charge in [-0.15, -0.1) is 0 Å². The Morgan fingerprint density at radius 1 is 1.00 bits per heavy atom. The molecule has 3 N–H and O–H groups in total. The Morgan fingerprint density at radius 2 is 1.74 bits per heavy atom. The highest BCUT2D eigenvalue weighted by atomic mass is 16.5. The van der Waals surface area contributed by atoms with E-state index in [1.165, 1.54) is 26.5 Å². The standard InChI is InChI=1S/C27H34N6O5/c1-5-32(6-2)16-15-28-25(34)19-7-9-21(10-8-19)30-26-29-14-13-24(31-26)33(27(35)36)18-20-17-22(37-3)11-12-23(20)38-4/h7-14,17H,5-6,15-16,18H2,1-4H3,(H,28,34)(H,35,36)(H,29,30,31). The number of carboxylic acid groups (broad SMARTS) is 1. The summed E-state index contributed by atoms with van der Waals surface area (Å²) in [6.07, 6.45) is 0.289. The molecule has 0 radical (unpaired) electrons. The lowest BCUT2D eigenvalue weighted by molar-refractivity contribution is 0.0949. The lowest BCUT2D eigenvalue weighted by Crippen LogP contribution is -2.34. The van der Waals surface area contributed by atoms with E-state index in [1.807, 2.05) is 0 Å². The zero-order valence-electron chi connectivity index (χ0n) is 22.1. The van der Waals surface area contributed by atoms with E-state index in [2.05, 4.69) is 39.3 Å². The van der Waals surface area contributed by atoms with Gasteiger partial charge in [0.05, 0.1) is 20.8 Å². The van der Waals surface area contributed by atoms with Gasteiger partial charge in [-0.3, -0.25) is 9.69 Å². The van der Waals surface area contributed by atoms with Gasteiger partial charge >= 0.3 is 6.09 Å². The molecule has 0 saturated heterocycles. The molecule has 1 aromatic heterocycles. The third-order valence-electron chi connectivity index (χ3n) is 5.98. The van der Waals surface area contributed by atoms with Gasteiger partial charge in [0, 0.05) is 36.1 Å². The fourth-order valence-electron chi connectivity index (χ4n) is 3.79. The Morgan fingerprint density at radius 3 is 2.37 bits per heavy atom. The van der Waals surface area contributed by atoms with E-state index in [4.69, 9.17) is 9.47 Å². The van der Waals surface area contributed by atoms with Crippen molar-refractivity contribution < 1.29 is 24.2 Å². The Bertz CT molecular complexity index is 1220. The molecule has 0 fully saturated rings. The van der Waals surface area contributed by atoms with Crippen molar-refractivity contribution in [2.75, 3.05) is 50.6 Å². The van der Waals surface area contributed by atoms with Crippen molar-refractivity contribution in [1.82, 2.24) is 20.2 Å². The Labute approximate surface area is 222 Å². The molecule has 0 unspecified atom stereocenters. The van der Waals surface area contributed by atoms with Gasteiger partial charge in [0.15, 0.2) is 0 Å². The normalized spacial score (nSPS) is 10.7. The number of likely N-dealkylation sites (N-methyl/N-ethyl adjacent to an activating group) is 1. The van der Waals surface area contributed by atoms with E-state index in [0.717, 1.165) is 24.5 Å². The summed E-state index contributed by atoms with van der Waals surface area (Å²) < 4.78 is 10.6. The topological polar surface area (TPSA) is 129 Å². The van der Waals surface area contributed by atoms with Crippen molar-refractivity contribution in [3.8, 4) is 11.5 Å².